The minimum atomic E-state index is -3.94. The standard InChI is InChI=1S/C3H8ClN3.C3H9N3O3S.ClH.Na.O3S.H/c4-1-2-7-3(5)6;4-3(5)6-1-2-10(7,8)9;;;1-4(2)3;/h1-2H2,(H4,5,6,7);1-2H2,(H4,4,5,6)(H,7,8,9);1H;;;/q;;;+1;;-1. The zero-order chi connectivity index (χ0) is 17.5. The molecule has 0 aliphatic heterocycles. The van der Waals surface area contributed by atoms with Crippen LogP contribution in [0.5, 0.6) is 0 Å². The van der Waals surface area contributed by atoms with Crippen molar-refractivity contribution in [1.29, 1.82) is 0 Å². The summed E-state index contributed by atoms with van der Waals surface area (Å²) in [5.41, 5.74) is 19.6. The van der Waals surface area contributed by atoms with Crippen molar-refractivity contribution in [2.45, 2.75) is 0 Å². The van der Waals surface area contributed by atoms with Gasteiger partial charge in [-0.2, -0.15) is 8.42 Å². The van der Waals surface area contributed by atoms with Crippen LogP contribution in [-0.4, -0.2) is 62.2 Å². The molecule has 17 heteroatoms. The molecule has 0 atom stereocenters. The zero-order valence-electron chi connectivity index (χ0n) is 13.1. The van der Waals surface area contributed by atoms with Crippen molar-refractivity contribution in [2.24, 2.45) is 32.9 Å². The Morgan fingerprint density at radius 3 is 1.52 bits per heavy atom. The van der Waals surface area contributed by atoms with Crippen molar-refractivity contribution in [3.05, 3.63) is 0 Å². The summed E-state index contributed by atoms with van der Waals surface area (Å²) in [5, 5.41) is 0. The third-order valence-electron chi connectivity index (χ3n) is 1.02. The van der Waals surface area contributed by atoms with E-state index >= 15 is 0 Å². The molecule has 0 bridgehead atoms. The Morgan fingerprint density at radius 1 is 1.04 bits per heavy atom. The molecule has 0 rings (SSSR count). The molecule has 0 saturated carbocycles. The van der Waals surface area contributed by atoms with E-state index in [-0.39, 0.29) is 61.9 Å². The second-order valence-corrected chi connectivity index (χ2v) is 5.15. The van der Waals surface area contributed by atoms with Crippen LogP contribution in [0.15, 0.2) is 9.98 Å². The molecule has 0 unspecified atom stereocenters. The second-order valence-electron chi connectivity index (χ2n) is 2.79. The summed E-state index contributed by atoms with van der Waals surface area (Å²) in [5.74, 6) is -0.0766. The first-order chi connectivity index (χ1) is 9.42. The van der Waals surface area contributed by atoms with Gasteiger partial charge in [-0.3, -0.25) is 14.5 Å². The number of hydrogen-bond donors (Lipinski definition) is 5. The van der Waals surface area contributed by atoms with E-state index in [0.29, 0.717) is 12.4 Å². The van der Waals surface area contributed by atoms with Gasteiger partial charge in [0.25, 0.3) is 10.1 Å². The second kappa shape index (κ2) is 21.6. The minimum Gasteiger partial charge on any atom is -1.00 e. The van der Waals surface area contributed by atoms with E-state index in [1.165, 1.54) is 0 Å². The topological polar surface area (TPSA) is 234 Å². The largest absolute Gasteiger partial charge is 1.00 e. The van der Waals surface area contributed by atoms with Gasteiger partial charge in [0.1, 0.15) is 0 Å². The van der Waals surface area contributed by atoms with Crippen LogP contribution in [-0.2, 0) is 20.7 Å². The fourth-order valence-corrected chi connectivity index (χ4v) is 0.868. The molecule has 0 aromatic heterocycles. The molecular weight excluding hydrogens is 410 g/mol. The summed E-state index contributed by atoms with van der Waals surface area (Å²) >= 11 is 5.23. The maximum atomic E-state index is 10.0. The molecule has 0 aromatic carbocycles. The normalized spacial score (nSPS) is 8.26. The van der Waals surface area contributed by atoms with Crippen LogP contribution < -0.4 is 52.5 Å². The Labute approximate surface area is 170 Å². The smallest absolute Gasteiger partial charge is 1.00 e. The molecule has 136 valence electrons. The Balaban J connectivity index is -0.0000000516. The number of nitrogens with two attached hydrogens (primary N) is 4. The van der Waals surface area contributed by atoms with Gasteiger partial charge in [0.15, 0.2) is 11.9 Å². The number of aliphatic imine (C=N–C) groups is 2. The van der Waals surface area contributed by atoms with Crippen LogP contribution in [0.25, 0.3) is 0 Å². The Morgan fingerprint density at radius 2 is 1.35 bits per heavy atom. The number of guanidine groups is 2. The van der Waals surface area contributed by atoms with Gasteiger partial charge in [-0.1, -0.05) is 0 Å². The van der Waals surface area contributed by atoms with Crippen molar-refractivity contribution in [3.8, 4) is 0 Å². The molecule has 0 radical (unpaired) electrons. The van der Waals surface area contributed by atoms with E-state index in [9.17, 15) is 8.42 Å². The van der Waals surface area contributed by atoms with Crippen molar-refractivity contribution >= 4 is 56.7 Å². The first kappa shape index (κ1) is 34.1. The van der Waals surface area contributed by atoms with Crippen molar-refractivity contribution in [3.63, 3.8) is 0 Å². The van der Waals surface area contributed by atoms with Crippen molar-refractivity contribution in [2.75, 3.05) is 24.7 Å². The Hall–Kier alpha value is -0.350. The average Bonchev–Trinajstić information content (AvgIpc) is 2.23. The van der Waals surface area contributed by atoms with E-state index in [1.54, 1.807) is 0 Å². The first-order valence-electron chi connectivity index (χ1n) is 4.81. The van der Waals surface area contributed by atoms with Crippen molar-refractivity contribution < 1.29 is 56.6 Å². The maximum Gasteiger partial charge on any atom is 1.00 e. The van der Waals surface area contributed by atoms with Gasteiger partial charge >= 0.3 is 40.2 Å². The number of halogens is 2. The third kappa shape index (κ3) is 73.7. The summed E-state index contributed by atoms with van der Waals surface area (Å²) in [7, 11) is -7.05. The molecule has 0 spiro atoms. The summed E-state index contributed by atoms with van der Waals surface area (Å²) in [4.78, 5) is 6.93. The molecule has 9 N–H and O–H groups in total. The molecule has 0 aliphatic rings. The van der Waals surface area contributed by atoms with Gasteiger partial charge in [0, 0.05) is 5.88 Å². The molecule has 0 heterocycles. The summed E-state index contributed by atoms with van der Waals surface area (Å²) in [6.45, 7) is 0.394. The molecule has 23 heavy (non-hydrogen) atoms. The van der Waals surface area contributed by atoms with Crippen LogP contribution in [0, 0.1) is 0 Å². The Kier molecular flexibility index (Phi) is 32.1. The van der Waals surface area contributed by atoms with Gasteiger partial charge in [-0.15, -0.1) is 36.6 Å². The van der Waals surface area contributed by atoms with Gasteiger partial charge in [0.05, 0.1) is 18.8 Å². The molecular formula is C6H19Cl2N6NaO6S2. The van der Waals surface area contributed by atoms with E-state index in [0.717, 1.165) is 0 Å². The predicted octanol–water partition coefficient (Wildman–Crippen LogP) is -5.82. The fourth-order valence-electron chi connectivity index (χ4n) is 0.461. The van der Waals surface area contributed by atoms with Crippen LogP contribution >= 0.6 is 24.0 Å². The monoisotopic (exact) mass is 428 g/mol. The van der Waals surface area contributed by atoms with E-state index in [1.807, 2.05) is 0 Å². The zero-order valence-corrected chi connectivity index (χ0v) is 17.3. The average molecular weight is 429 g/mol. The molecule has 0 aromatic rings. The van der Waals surface area contributed by atoms with Gasteiger partial charge in [0.2, 0.25) is 0 Å². The Bertz CT molecular complexity index is 530. The van der Waals surface area contributed by atoms with Crippen LogP contribution in [0.4, 0.5) is 0 Å². The van der Waals surface area contributed by atoms with Crippen LogP contribution in [0.1, 0.15) is 1.43 Å². The van der Waals surface area contributed by atoms with E-state index < -0.39 is 26.5 Å². The first-order valence-corrected chi connectivity index (χ1v) is 7.95. The quantitative estimate of drug-likeness (QED) is 0.0912. The molecule has 0 saturated heterocycles. The number of nitrogens with zero attached hydrogens (tertiary/aromatic N) is 2. The molecule has 0 aliphatic carbocycles. The van der Waals surface area contributed by atoms with Crippen LogP contribution in [0.3, 0.4) is 0 Å². The third-order valence-corrected chi connectivity index (χ3v) is 1.89. The molecule has 0 fully saturated rings. The summed E-state index contributed by atoms with van der Waals surface area (Å²) in [6, 6.07) is 0. The number of rotatable bonds is 5. The number of alkyl halides is 1. The molecule has 0 amide bonds. The molecule has 12 nitrogen and oxygen atoms in total. The van der Waals surface area contributed by atoms with Gasteiger partial charge in [-0.25, -0.2) is 0 Å². The fraction of sp³-hybridized carbons (Fsp3) is 0.667. The van der Waals surface area contributed by atoms with Crippen molar-refractivity contribution in [1.82, 2.24) is 0 Å². The van der Waals surface area contributed by atoms with E-state index in [4.69, 9.17) is 51.7 Å². The van der Waals surface area contributed by atoms with Gasteiger partial charge < -0.3 is 24.4 Å². The summed E-state index contributed by atoms with van der Waals surface area (Å²) < 4.78 is 53.5. The maximum absolute atomic E-state index is 10.0. The van der Waals surface area contributed by atoms with E-state index in [2.05, 4.69) is 9.98 Å². The van der Waals surface area contributed by atoms with Gasteiger partial charge in [-0.05, 0) is 0 Å². The SMILES string of the molecule is Cl.NC(N)=NCCCl.NC(N)=NCCS(=O)(=O)O.O=S(=O)=O.[H-].[Na+]. The van der Waals surface area contributed by atoms with Crippen LogP contribution in [0.2, 0.25) is 0 Å². The predicted molar refractivity (Wildman–Crippen MR) is 86.5 cm³/mol. The summed E-state index contributed by atoms with van der Waals surface area (Å²) in [6.07, 6.45) is 0. The minimum absolute atomic E-state index is 0. The number of hydrogen-bond acceptors (Lipinski definition) is 7.